The lowest BCUT2D eigenvalue weighted by Crippen LogP contribution is -2.02. The maximum absolute atomic E-state index is 14.4. The summed E-state index contributed by atoms with van der Waals surface area (Å²) < 4.78 is 16.1. The second-order valence-electron chi connectivity index (χ2n) is 4.71. The Morgan fingerprint density at radius 3 is 3.11 bits per heavy atom. The molecule has 1 aromatic heterocycles. The summed E-state index contributed by atoms with van der Waals surface area (Å²) in [5.41, 5.74) is 3.76. The second kappa shape index (κ2) is 4.44. The van der Waals surface area contributed by atoms with Crippen molar-refractivity contribution in [2.24, 2.45) is 7.05 Å². The van der Waals surface area contributed by atoms with Crippen molar-refractivity contribution in [3.05, 3.63) is 47.3 Å². The third kappa shape index (κ3) is 1.98. The van der Waals surface area contributed by atoms with Gasteiger partial charge in [-0.05, 0) is 18.1 Å². The minimum atomic E-state index is -1.000. The quantitative estimate of drug-likeness (QED) is 0.901. The molecule has 1 aromatic carbocycles. The topological polar surface area (TPSA) is 29.9 Å². The molecule has 4 heteroatoms. The Balaban J connectivity index is 1.84. The van der Waals surface area contributed by atoms with Gasteiger partial charge in [0.25, 0.3) is 0 Å². The van der Waals surface area contributed by atoms with E-state index in [2.05, 4.69) is 16.5 Å². The molecule has 0 bridgehead atoms. The number of nitrogens with zero attached hydrogens (tertiary/aromatic N) is 2. The predicted molar refractivity (Wildman–Crippen MR) is 69.4 cm³/mol. The molecule has 1 aliphatic heterocycles. The molecular formula is C14H16FN3. The third-order valence-electron chi connectivity index (χ3n) is 3.37. The molecule has 0 radical (unpaired) electrons. The molecule has 3 nitrogen and oxygen atoms in total. The van der Waals surface area contributed by atoms with E-state index < -0.39 is 6.17 Å². The molecule has 2 aromatic rings. The molecule has 3 rings (SSSR count). The van der Waals surface area contributed by atoms with Crippen LogP contribution in [0.3, 0.4) is 0 Å². The van der Waals surface area contributed by atoms with Crippen molar-refractivity contribution in [1.29, 1.82) is 0 Å². The number of aromatic nitrogens is 2. The van der Waals surface area contributed by atoms with Crippen LogP contribution in [0, 0.1) is 0 Å². The molecule has 1 unspecified atom stereocenters. The lowest BCUT2D eigenvalue weighted by molar-refractivity contribution is 0.340. The maximum atomic E-state index is 14.4. The van der Waals surface area contributed by atoms with Crippen LogP contribution >= 0.6 is 0 Å². The van der Waals surface area contributed by atoms with Gasteiger partial charge in [-0.1, -0.05) is 18.2 Å². The predicted octanol–water partition coefficient (Wildman–Crippen LogP) is 2.64. The number of hydrogen-bond donors (Lipinski definition) is 1. The first-order valence-electron chi connectivity index (χ1n) is 6.22. The van der Waals surface area contributed by atoms with Gasteiger partial charge in [0, 0.05) is 37.5 Å². The second-order valence-corrected chi connectivity index (χ2v) is 4.71. The molecule has 0 saturated carbocycles. The van der Waals surface area contributed by atoms with Crippen LogP contribution in [0.2, 0.25) is 0 Å². The number of benzene rings is 1. The third-order valence-corrected chi connectivity index (χ3v) is 3.37. The summed E-state index contributed by atoms with van der Waals surface area (Å²) in [5.74, 6) is 0. The number of fused-ring (bicyclic) bond motifs is 1. The Morgan fingerprint density at radius 2 is 2.33 bits per heavy atom. The number of aryl methyl sites for hydroxylation is 1. The Hall–Kier alpha value is -1.84. The average Bonchev–Trinajstić information content (AvgIpc) is 2.97. The average molecular weight is 245 g/mol. The van der Waals surface area contributed by atoms with Crippen LogP contribution < -0.4 is 5.32 Å². The van der Waals surface area contributed by atoms with Crippen LogP contribution in [0.4, 0.5) is 10.1 Å². The summed E-state index contributed by atoms with van der Waals surface area (Å²) in [4.78, 5) is 0. The summed E-state index contributed by atoms with van der Waals surface area (Å²) in [5, 5.41) is 7.50. The lowest BCUT2D eigenvalue weighted by atomic mass is 10.0. The van der Waals surface area contributed by atoms with Gasteiger partial charge in [0.05, 0.1) is 5.69 Å². The number of anilines is 1. The van der Waals surface area contributed by atoms with E-state index in [0.29, 0.717) is 6.42 Å². The van der Waals surface area contributed by atoms with Crippen LogP contribution in [-0.2, 0) is 19.9 Å². The standard InChI is InChI=1S/C14H16FN3/c1-18-8-6-11(17-18)9-13(15)12-4-2-3-10-5-7-16-14(10)12/h2-4,6,8,13,16H,5,7,9H2,1H3. The Bertz CT molecular complexity index is 562. The molecule has 2 heterocycles. The highest BCUT2D eigenvalue weighted by Gasteiger charge is 2.20. The summed E-state index contributed by atoms with van der Waals surface area (Å²) >= 11 is 0. The minimum Gasteiger partial charge on any atom is -0.384 e. The monoisotopic (exact) mass is 245 g/mol. The van der Waals surface area contributed by atoms with Crippen molar-refractivity contribution in [2.45, 2.75) is 19.0 Å². The van der Waals surface area contributed by atoms with Crippen LogP contribution in [0.15, 0.2) is 30.5 Å². The molecule has 94 valence electrons. The lowest BCUT2D eigenvalue weighted by Gasteiger charge is -2.12. The molecule has 1 aliphatic rings. The van der Waals surface area contributed by atoms with E-state index in [1.165, 1.54) is 5.56 Å². The van der Waals surface area contributed by atoms with E-state index in [9.17, 15) is 4.39 Å². The Labute approximate surface area is 106 Å². The minimum absolute atomic E-state index is 0.332. The number of para-hydroxylation sites is 1. The molecular weight excluding hydrogens is 229 g/mol. The van der Waals surface area contributed by atoms with Crippen molar-refractivity contribution in [2.75, 3.05) is 11.9 Å². The molecule has 0 spiro atoms. The first kappa shape index (κ1) is 11.3. The fraction of sp³-hybridized carbons (Fsp3) is 0.357. The van der Waals surface area contributed by atoms with Crippen molar-refractivity contribution in [1.82, 2.24) is 9.78 Å². The normalized spacial score (nSPS) is 15.2. The number of rotatable bonds is 3. The van der Waals surface area contributed by atoms with Gasteiger partial charge in [-0.3, -0.25) is 4.68 Å². The van der Waals surface area contributed by atoms with Gasteiger partial charge < -0.3 is 5.32 Å². The van der Waals surface area contributed by atoms with Gasteiger partial charge in [0.1, 0.15) is 6.17 Å². The molecule has 0 saturated heterocycles. The SMILES string of the molecule is Cn1ccc(CC(F)c2cccc3c2NCC3)n1. The smallest absolute Gasteiger partial charge is 0.133 e. The Kier molecular flexibility index (Phi) is 2.78. The number of alkyl halides is 1. The summed E-state index contributed by atoms with van der Waals surface area (Å²) in [7, 11) is 1.85. The van der Waals surface area contributed by atoms with Crippen LogP contribution in [0.1, 0.15) is 23.0 Å². The molecule has 18 heavy (non-hydrogen) atoms. The van der Waals surface area contributed by atoms with Crippen LogP contribution in [0.25, 0.3) is 0 Å². The van der Waals surface area contributed by atoms with Crippen molar-refractivity contribution < 1.29 is 4.39 Å². The van der Waals surface area contributed by atoms with Gasteiger partial charge in [0.15, 0.2) is 0 Å². The van der Waals surface area contributed by atoms with Gasteiger partial charge in [-0.2, -0.15) is 5.10 Å². The fourth-order valence-electron chi connectivity index (χ4n) is 2.49. The zero-order valence-electron chi connectivity index (χ0n) is 10.4. The van der Waals surface area contributed by atoms with Gasteiger partial charge in [-0.25, -0.2) is 4.39 Å². The summed E-state index contributed by atoms with van der Waals surface area (Å²) in [6, 6.07) is 7.73. The summed E-state index contributed by atoms with van der Waals surface area (Å²) in [6.07, 6.45) is 2.16. The molecule has 1 N–H and O–H groups in total. The molecule has 0 aliphatic carbocycles. The van der Waals surface area contributed by atoms with Crippen molar-refractivity contribution >= 4 is 5.69 Å². The zero-order chi connectivity index (χ0) is 12.5. The fourth-order valence-corrected chi connectivity index (χ4v) is 2.49. The summed E-state index contributed by atoms with van der Waals surface area (Å²) in [6.45, 7) is 0.905. The van der Waals surface area contributed by atoms with E-state index >= 15 is 0 Å². The molecule has 1 atom stereocenters. The number of hydrogen-bond acceptors (Lipinski definition) is 2. The first-order valence-corrected chi connectivity index (χ1v) is 6.22. The maximum Gasteiger partial charge on any atom is 0.133 e. The molecule has 0 amide bonds. The highest BCUT2D eigenvalue weighted by atomic mass is 19.1. The van der Waals surface area contributed by atoms with Gasteiger partial charge in [0.2, 0.25) is 0 Å². The van der Waals surface area contributed by atoms with Crippen LogP contribution in [0.5, 0.6) is 0 Å². The highest BCUT2D eigenvalue weighted by Crippen LogP contribution is 2.33. The number of nitrogens with one attached hydrogen (secondary N) is 1. The van der Waals surface area contributed by atoms with E-state index in [0.717, 1.165) is 29.9 Å². The van der Waals surface area contributed by atoms with Gasteiger partial charge in [-0.15, -0.1) is 0 Å². The van der Waals surface area contributed by atoms with Crippen molar-refractivity contribution in [3.8, 4) is 0 Å². The molecule has 0 fully saturated rings. The van der Waals surface area contributed by atoms with E-state index in [1.54, 1.807) is 4.68 Å². The van der Waals surface area contributed by atoms with Crippen LogP contribution in [-0.4, -0.2) is 16.3 Å². The van der Waals surface area contributed by atoms with Crippen molar-refractivity contribution in [3.63, 3.8) is 0 Å². The number of halogens is 1. The zero-order valence-corrected chi connectivity index (χ0v) is 10.4. The van der Waals surface area contributed by atoms with E-state index in [1.807, 2.05) is 31.4 Å². The van der Waals surface area contributed by atoms with E-state index in [4.69, 9.17) is 0 Å². The highest BCUT2D eigenvalue weighted by molar-refractivity contribution is 5.62. The Morgan fingerprint density at radius 1 is 1.44 bits per heavy atom. The first-order chi connectivity index (χ1) is 8.74. The van der Waals surface area contributed by atoms with E-state index in [-0.39, 0.29) is 0 Å². The largest absolute Gasteiger partial charge is 0.384 e. The van der Waals surface area contributed by atoms with Gasteiger partial charge >= 0.3 is 0 Å².